The second kappa shape index (κ2) is 6.55. The van der Waals surface area contributed by atoms with E-state index in [0.29, 0.717) is 0 Å². The lowest BCUT2D eigenvalue weighted by molar-refractivity contribution is -0.386. The Morgan fingerprint density at radius 3 is 2.26 bits per heavy atom. The number of hydrogen-bond acceptors (Lipinski definition) is 6. The number of aromatic hydroxyl groups is 2. The van der Waals surface area contributed by atoms with Gasteiger partial charge < -0.3 is 21.1 Å². The molecule has 0 aromatic heterocycles. The highest BCUT2D eigenvalue weighted by Crippen LogP contribution is 2.38. The second-order valence-electron chi connectivity index (χ2n) is 4.43. The van der Waals surface area contributed by atoms with Crippen molar-refractivity contribution in [2.24, 2.45) is 11.7 Å². The molecule has 0 saturated heterocycles. The molecule has 0 aliphatic heterocycles. The van der Waals surface area contributed by atoms with E-state index in [4.69, 9.17) is 5.73 Å². The fourth-order valence-electron chi connectivity index (χ4n) is 1.57. The van der Waals surface area contributed by atoms with Gasteiger partial charge in [0.25, 0.3) is 0 Å². The molecular weight excluding hydrogens is 276 g/mol. The first-order valence-electron chi connectivity index (χ1n) is 5.39. The Kier molecular flexibility index (Phi) is 6.01. The molecule has 8 heteroatoms. The van der Waals surface area contributed by atoms with Crippen molar-refractivity contribution in [1.29, 1.82) is 0 Å². The zero-order valence-corrected chi connectivity index (χ0v) is 11.3. The third-order valence-corrected chi connectivity index (χ3v) is 2.72. The lowest BCUT2D eigenvalue weighted by atomic mass is 9.94. The molecule has 1 aromatic rings. The minimum atomic E-state index is -0.909. The van der Waals surface area contributed by atoms with Crippen molar-refractivity contribution in [3.05, 3.63) is 27.8 Å². The predicted octanol–water partition coefficient (Wildman–Crippen LogP) is 1.44. The third-order valence-electron chi connectivity index (χ3n) is 2.72. The average Bonchev–Trinajstić information content (AvgIpc) is 2.29. The summed E-state index contributed by atoms with van der Waals surface area (Å²) in [5.41, 5.74) is 5.31. The van der Waals surface area contributed by atoms with Gasteiger partial charge in [0.2, 0.25) is 5.75 Å². The fraction of sp³-hybridized carbons (Fsp3) is 0.455. The van der Waals surface area contributed by atoms with E-state index < -0.39 is 34.3 Å². The Hall–Kier alpha value is -1.57. The quantitative estimate of drug-likeness (QED) is 0.377. The number of rotatable bonds is 4. The maximum Gasteiger partial charge on any atom is 0.314 e. The van der Waals surface area contributed by atoms with Gasteiger partial charge in [0.1, 0.15) is 0 Å². The standard InChI is InChI=1S/C11H16N2O5.ClH/c1-5(2)10(15)9(12)6-3-7(13(17)18)11(16)8(14)4-6;/h3-5,9-10,14-16H,12H2,1-2H3;1H/t9-,10+;/m1./s1. The van der Waals surface area contributed by atoms with Crippen molar-refractivity contribution < 1.29 is 20.2 Å². The van der Waals surface area contributed by atoms with Gasteiger partial charge in [0, 0.05) is 6.07 Å². The van der Waals surface area contributed by atoms with E-state index in [2.05, 4.69) is 0 Å². The zero-order valence-electron chi connectivity index (χ0n) is 10.5. The monoisotopic (exact) mass is 292 g/mol. The van der Waals surface area contributed by atoms with Crippen molar-refractivity contribution in [3.8, 4) is 11.5 Å². The number of phenolic OH excluding ortho intramolecular Hbond substituents is 2. The Labute approximate surface area is 116 Å². The van der Waals surface area contributed by atoms with E-state index in [1.165, 1.54) is 0 Å². The Bertz CT molecular complexity index is 467. The second-order valence-corrected chi connectivity index (χ2v) is 4.43. The summed E-state index contributed by atoms with van der Waals surface area (Å²) in [6.45, 7) is 3.50. The van der Waals surface area contributed by atoms with Crippen LogP contribution in [0.15, 0.2) is 12.1 Å². The van der Waals surface area contributed by atoms with Gasteiger partial charge >= 0.3 is 5.69 Å². The van der Waals surface area contributed by atoms with Gasteiger partial charge in [0.15, 0.2) is 5.75 Å². The molecule has 0 amide bonds. The lowest BCUT2D eigenvalue weighted by Gasteiger charge is -2.22. The van der Waals surface area contributed by atoms with Crippen LogP contribution in [0.25, 0.3) is 0 Å². The Morgan fingerprint density at radius 2 is 1.84 bits per heavy atom. The number of hydrogen-bond donors (Lipinski definition) is 4. The number of nitrogens with zero attached hydrogens (tertiary/aromatic N) is 1. The van der Waals surface area contributed by atoms with Crippen LogP contribution in [0.2, 0.25) is 0 Å². The van der Waals surface area contributed by atoms with Crippen LogP contribution in [0.4, 0.5) is 5.69 Å². The molecule has 2 atom stereocenters. The minimum Gasteiger partial charge on any atom is -0.504 e. The predicted molar refractivity (Wildman–Crippen MR) is 71.4 cm³/mol. The molecule has 19 heavy (non-hydrogen) atoms. The topological polar surface area (TPSA) is 130 Å². The van der Waals surface area contributed by atoms with Gasteiger partial charge in [-0.2, -0.15) is 0 Å². The number of aliphatic hydroxyl groups excluding tert-OH is 1. The SMILES string of the molecule is CC(C)[C@H](O)[C@H](N)c1cc(O)c(O)c([N+](=O)[O-])c1.Cl. The van der Waals surface area contributed by atoms with Gasteiger partial charge in [-0.1, -0.05) is 13.8 Å². The van der Waals surface area contributed by atoms with E-state index in [1.54, 1.807) is 13.8 Å². The molecule has 0 saturated carbocycles. The number of phenols is 2. The van der Waals surface area contributed by atoms with E-state index in [1.807, 2.05) is 0 Å². The first-order valence-corrected chi connectivity index (χ1v) is 5.39. The average molecular weight is 293 g/mol. The highest BCUT2D eigenvalue weighted by Gasteiger charge is 2.25. The molecule has 0 fully saturated rings. The number of aliphatic hydroxyl groups is 1. The van der Waals surface area contributed by atoms with Crippen LogP contribution in [0.5, 0.6) is 11.5 Å². The lowest BCUT2D eigenvalue weighted by Crippen LogP contribution is -2.30. The van der Waals surface area contributed by atoms with Gasteiger partial charge in [-0.3, -0.25) is 10.1 Å². The molecule has 7 nitrogen and oxygen atoms in total. The molecule has 0 aliphatic rings. The van der Waals surface area contributed by atoms with Gasteiger partial charge in [-0.25, -0.2) is 0 Å². The van der Waals surface area contributed by atoms with E-state index in [9.17, 15) is 25.4 Å². The number of nitrogens with two attached hydrogens (primary N) is 1. The van der Waals surface area contributed by atoms with Crippen LogP contribution in [-0.4, -0.2) is 26.3 Å². The summed E-state index contributed by atoms with van der Waals surface area (Å²) in [6, 6.07) is 1.28. The number of nitro benzene ring substituents is 1. The third kappa shape index (κ3) is 3.69. The van der Waals surface area contributed by atoms with Crippen molar-refractivity contribution >= 4 is 18.1 Å². The molecule has 0 unspecified atom stereocenters. The first-order chi connectivity index (χ1) is 8.25. The Balaban J connectivity index is 0.00000324. The van der Waals surface area contributed by atoms with Crippen molar-refractivity contribution in [3.63, 3.8) is 0 Å². The smallest absolute Gasteiger partial charge is 0.314 e. The van der Waals surface area contributed by atoms with Gasteiger partial charge in [-0.05, 0) is 17.5 Å². The maximum absolute atomic E-state index is 10.7. The van der Waals surface area contributed by atoms with Gasteiger partial charge in [0.05, 0.1) is 17.1 Å². The normalized spacial score (nSPS) is 13.7. The van der Waals surface area contributed by atoms with Crippen molar-refractivity contribution in [2.75, 3.05) is 0 Å². The molecule has 1 rings (SSSR count). The van der Waals surface area contributed by atoms with E-state index in [0.717, 1.165) is 12.1 Å². The summed E-state index contributed by atoms with van der Waals surface area (Å²) in [5.74, 6) is -1.59. The van der Waals surface area contributed by atoms with Crippen LogP contribution in [-0.2, 0) is 0 Å². The first kappa shape index (κ1) is 17.4. The molecular formula is C11H17ClN2O5. The Morgan fingerprint density at radius 1 is 1.32 bits per heavy atom. The fourth-order valence-corrected chi connectivity index (χ4v) is 1.57. The summed E-state index contributed by atoms with van der Waals surface area (Å²) in [5, 5.41) is 39.2. The number of nitro groups is 1. The molecule has 5 N–H and O–H groups in total. The number of halogens is 1. The van der Waals surface area contributed by atoms with Crippen LogP contribution >= 0.6 is 12.4 Å². The largest absolute Gasteiger partial charge is 0.504 e. The van der Waals surface area contributed by atoms with Crippen LogP contribution in [0.3, 0.4) is 0 Å². The summed E-state index contributed by atoms with van der Waals surface area (Å²) >= 11 is 0. The van der Waals surface area contributed by atoms with Gasteiger partial charge in [-0.15, -0.1) is 12.4 Å². The summed E-state index contributed by atoms with van der Waals surface area (Å²) in [7, 11) is 0. The van der Waals surface area contributed by atoms with Crippen LogP contribution in [0.1, 0.15) is 25.5 Å². The molecule has 1 aromatic carbocycles. The molecule has 0 radical (unpaired) electrons. The van der Waals surface area contributed by atoms with E-state index in [-0.39, 0.29) is 23.9 Å². The summed E-state index contributed by atoms with van der Waals surface area (Å²) < 4.78 is 0. The van der Waals surface area contributed by atoms with Crippen LogP contribution < -0.4 is 5.73 Å². The molecule has 0 bridgehead atoms. The summed E-state index contributed by atoms with van der Waals surface area (Å²) in [4.78, 5) is 9.86. The molecule has 108 valence electrons. The van der Waals surface area contributed by atoms with Crippen molar-refractivity contribution in [1.82, 2.24) is 0 Å². The maximum atomic E-state index is 10.7. The molecule has 0 spiro atoms. The highest BCUT2D eigenvalue weighted by molar-refractivity contribution is 5.85. The molecule has 0 heterocycles. The zero-order chi connectivity index (χ0) is 14.0. The van der Waals surface area contributed by atoms with Crippen molar-refractivity contribution in [2.45, 2.75) is 26.0 Å². The number of benzene rings is 1. The molecule has 0 aliphatic carbocycles. The summed E-state index contributed by atoms with van der Waals surface area (Å²) in [6.07, 6.45) is -0.909. The van der Waals surface area contributed by atoms with Crippen LogP contribution in [0, 0.1) is 16.0 Å². The highest BCUT2D eigenvalue weighted by atomic mass is 35.5. The minimum absolute atomic E-state index is 0. The van der Waals surface area contributed by atoms with E-state index >= 15 is 0 Å².